The smallest absolute Gasteiger partial charge is 0.219 e. The fourth-order valence-electron chi connectivity index (χ4n) is 5.01. The molecule has 9 heteroatoms. The van der Waals surface area contributed by atoms with E-state index < -0.39 is 6.10 Å². The molecule has 2 aliphatic rings. The van der Waals surface area contributed by atoms with E-state index in [0.717, 1.165) is 60.9 Å². The van der Waals surface area contributed by atoms with Crippen LogP contribution in [0.5, 0.6) is 0 Å². The van der Waals surface area contributed by atoms with Crippen LogP contribution in [0.1, 0.15) is 18.2 Å². The number of amides is 1. The van der Waals surface area contributed by atoms with Crippen molar-refractivity contribution in [3.05, 3.63) is 64.9 Å². The largest absolute Gasteiger partial charge is 0.390 e. The molecule has 8 nitrogen and oxygen atoms in total. The molecule has 2 aliphatic heterocycles. The minimum atomic E-state index is -0.538. The molecule has 1 aromatic carbocycles. The monoisotopic (exact) mass is 494 g/mol. The third kappa shape index (κ3) is 5.34. The number of anilines is 1. The van der Waals surface area contributed by atoms with Crippen molar-refractivity contribution in [3.8, 4) is 11.3 Å². The molecule has 1 amide bonds. The highest BCUT2D eigenvalue weighted by atomic mass is 35.5. The lowest BCUT2D eigenvalue weighted by Crippen LogP contribution is -2.49. The predicted molar refractivity (Wildman–Crippen MR) is 136 cm³/mol. The fraction of sp³-hybridized carbons (Fsp3) is 0.423. The van der Waals surface area contributed by atoms with Crippen molar-refractivity contribution in [2.24, 2.45) is 0 Å². The lowest BCUT2D eigenvalue weighted by molar-refractivity contribution is -0.129. The standard InChI is InChI=1S/C26H31ClN6O2/c1-19(34)32-11-9-24-23(18-32)26(20-5-7-21(27)8-6-20)29-33(24)17-22(35)16-30-12-14-31(15-13-30)25-4-2-3-10-28-25/h2-8,10,22,35H,9,11-18H2,1H3. The molecule has 4 heterocycles. The molecule has 0 bridgehead atoms. The van der Waals surface area contributed by atoms with Crippen molar-refractivity contribution in [3.63, 3.8) is 0 Å². The number of aliphatic hydroxyl groups excluding tert-OH is 1. The Kier molecular flexibility index (Phi) is 7.04. The molecule has 1 unspecified atom stereocenters. The van der Waals surface area contributed by atoms with Gasteiger partial charge in [0.1, 0.15) is 5.82 Å². The van der Waals surface area contributed by atoms with Crippen molar-refractivity contribution in [2.45, 2.75) is 32.5 Å². The van der Waals surface area contributed by atoms with Gasteiger partial charge in [0.15, 0.2) is 0 Å². The molecule has 0 radical (unpaired) electrons. The van der Waals surface area contributed by atoms with Crippen LogP contribution >= 0.6 is 11.6 Å². The Morgan fingerprint density at radius 2 is 1.83 bits per heavy atom. The quantitative estimate of drug-likeness (QED) is 0.567. The average Bonchev–Trinajstić information content (AvgIpc) is 3.23. The van der Waals surface area contributed by atoms with Crippen LogP contribution < -0.4 is 4.90 Å². The van der Waals surface area contributed by atoms with E-state index in [1.165, 1.54) is 0 Å². The Morgan fingerprint density at radius 1 is 1.06 bits per heavy atom. The van der Waals surface area contributed by atoms with Gasteiger partial charge in [-0.1, -0.05) is 29.8 Å². The van der Waals surface area contributed by atoms with Crippen LogP contribution in [0, 0.1) is 0 Å². The van der Waals surface area contributed by atoms with E-state index >= 15 is 0 Å². The molecule has 0 aliphatic carbocycles. The van der Waals surface area contributed by atoms with Crippen molar-refractivity contribution < 1.29 is 9.90 Å². The number of carbonyl (C=O) groups is 1. The van der Waals surface area contributed by atoms with Crippen LogP contribution in [0.15, 0.2) is 48.7 Å². The van der Waals surface area contributed by atoms with E-state index in [1.807, 2.05) is 58.2 Å². The van der Waals surface area contributed by atoms with Gasteiger partial charge in [-0.3, -0.25) is 14.4 Å². The molecule has 0 saturated carbocycles. The van der Waals surface area contributed by atoms with E-state index in [-0.39, 0.29) is 5.91 Å². The second-order valence-electron chi connectivity index (χ2n) is 9.28. The van der Waals surface area contributed by atoms with Gasteiger partial charge in [0.2, 0.25) is 5.91 Å². The molecule has 2 aromatic heterocycles. The van der Waals surface area contributed by atoms with Crippen LogP contribution in [0.2, 0.25) is 5.02 Å². The molecule has 1 fully saturated rings. The summed E-state index contributed by atoms with van der Waals surface area (Å²) in [5.74, 6) is 1.07. The number of β-amino-alcohol motifs (C(OH)–C–C–N with tert-alkyl or cyclic N) is 1. The molecule has 5 rings (SSSR count). The number of halogens is 1. The highest BCUT2D eigenvalue weighted by molar-refractivity contribution is 6.30. The maximum absolute atomic E-state index is 12.0. The highest BCUT2D eigenvalue weighted by Gasteiger charge is 2.28. The van der Waals surface area contributed by atoms with Crippen LogP contribution in [0.3, 0.4) is 0 Å². The molecular weight excluding hydrogens is 464 g/mol. The first-order valence-corrected chi connectivity index (χ1v) is 12.5. The normalized spacial score (nSPS) is 17.3. The third-order valence-corrected chi connectivity index (χ3v) is 7.15. The molecule has 184 valence electrons. The Bertz CT molecular complexity index is 1160. The van der Waals surface area contributed by atoms with E-state index in [0.29, 0.717) is 31.2 Å². The van der Waals surface area contributed by atoms with E-state index in [1.54, 1.807) is 6.92 Å². The van der Waals surface area contributed by atoms with Gasteiger partial charge in [0, 0.05) is 87.2 Å². The number of aliphatic hydroxyl groups is 1. The predicted octanol–water partition coefficient (Wildman–Crippen LogP) is 2.69. The van der Waals surface area contributed by atoms with Crippen molar-refractivity contribution >= 4 is 23.3 Å². The number of rotatable bonds is 6. The van der Waals surface area contributed by atoms with Crippen LogP contribution in [0.25, 0.3) is 11.3 Å². The summed E-state index contributed by atoms with van der Waals surface area (Å²) in [6.45, 7) is 7.38. The fourth-order valence-corrected chi connectivity index (χ4v) is 5.13. The van der Waals surface area contributed by atoms with Gasteiger partial charge in [-0.2, -0.15) is 5.10 Å². The van der Waals surface area contributed by atoms with Gasteiger partial charge in [0.05, 0.1) is 18.3 Å². The summed E-state index contributed by atoms with van der Waals surface area (Å²) >= 11 is 6.10. The van der Waals surface area contributed by atoms with Crippen molar-refractivity contribution in [2.75, 3.05) is 44.2 Å². The number of carbonyl (C=O) groups excluding carboxylic acids is 1. The number of fused-ring (bicyclic) bond motifs is 1. The number of pyridine rings is 1. The number of benzene rings is 1. The van der Waals surface area contributed by atoms with Gasteiger partial charge in [-0.25, -0.2) is 4.98 Å². The van der Waals surface area contributed by atoms with Crippen LogP contribution in [-0.2, 0) is 24.3 Å². The molecule has 35 heavy (non-hydrogen) atoms. The summed E-state index contributed by atoms with van der Waals surface area (Å²) < 4.78 is 1.95. The topological polar surface area (TPSA) is 77.7 Å². The SMILES string of the molecule is CC(=O)N1CCc2c(c(-c3ccc(Cl)cc3)nn2CC(O)CN2CCN(c3ccccn3)CC2)C1. The molecule has 1 N–H and O–H groups in total. The number of aromatic nitrogens is 3. The zero-order valence-corrected chi connectivity index (χ0v) is 20.7. The maximum atomic E-state index is 12.0. The summed E-state index contributed by atoms with van der Waals surface area (Å²) in [5, 5.41) is 16.6. The van der Waals surface area contributed by atoms with Gasteiger partial charge in [-0.05, 0) is 24.3 Å². The summed E-state index contributed by atoms with van der Waals surface area (Å²) in [6.07, 6.45) is 2.01. The molecule has 1 atom stereocenters. The number of piperazine rings is 1. The van der Waals surface area contributed by atoms with E-state index in [2.05, 4.69) is 14.8 Å². The van der Waals surface area contributed by atoms with Crippen molar-refractivity contribution in [1.29, 1.82) is 0 Å². The number of nitrogens with zero attached hydrogens (tertiary/aromatic N) is 6. The summed E-state index contributed by atoms with van der Waals surface area (Å²) in [6, 6.07) is 13.6. The Hall–Kier alpha value is -2.94. The lowest BCUT2D eigenvalue weighted by Gasteiger charge is -2.36. The van der Waals surface area contributed by atoms with Gasteiger partial charge >= 0.3 is 0 Å². The Labute approximate surface area is 210 Å². The first-order chi connectivity index (χ1) is 17.0. The van der Waals surface area contributed by atoms with Gasteiger partial charge in [0.25, 0.3) is 0 Å². The molecule has 0 spiro atoms. The summed E-state index contributed by atoms with van der Waals surface area (Å²) in [5.41, 5.74) is 3.99. The average molecular weight is 495 g/mol. The lowest BCUT2D eigenvalue weighted by atomic mass is 10.0. The van der Waals surface area contributed by atoms with Crippen molar-refractivity contribution in [1.82, 2.24) is 24.6 Å². The summed E-state index contributed by atoms with van der Waals surface area (Å²) in [7, 11) is 0. The maximum Gasteiger partial charge on any atom is 0.219 e. The van der Waals surface area contributed by atoms with Gasteiger partial charge < -0.3 is 14.9 Å². The first kappa shape index (κ1) is 23.8. The third-order valence-electron chi connectivity index (χ3n) is 6.90. The second-order valence-corrected chi connectivity index (χ2v) is 9.72. The molecule has 3 aromatic rings. The summed E-state index contributed by atoms with van der Waals surface area (Å²) in [4.78, 5) is 22.9. The Balaban J connectivity index is 1.28. The van der Waals surface area contributed by atoms with E-state index in [9.17, 15) is 9.90 Å². The molecule has 1 saturated heterocycles. The minimum Gasteiger partial charge on any atom is -0.390 e. The highest BCUT2D eigenvalue weighted by Crippen LogP contribution is 2.31. The van der Waals surface area contributed by atoms with E-state index in [4.69, 9.17) is 16.7 Å². The number of hydrogen-bond donors (Lipinski definition) is 1. The number of hydrogen-bond acceptors (Lipinski definition) is 6. The second kappa shape index (κ2) is 10.4. The zero-order chi connectivity index (χ0) is 24.4. The molecular formula is C26H31ClN6O2. The van der Waals surface area contributed by atoms with Gasteiger partial charge in [-0.15, -0.1) is 0 Å². The van der Waals surface area contributed by atoms with Crippen LogP contribution in [0.4, 0.5) is 5.82 Å². The van der Waals surface area contributed by atoms with Crippen LogP contribution in [-0.4, -0.2) is 81.0 Å². The Morgan fingerprint density at radius 3 is 2.51 bits per heavy atom. The first-order valence-electron chi connectivity index (χ1n) is 12.1. The minimum absolute atomic E-state index is 0.0651. The zero-order valence-electron chi connectivity index (χ0n) is 20.0.